The molecule has 0 atom stereocenters. The number of alkyl halides is 2. The van der Waals surface area contributed by atoms with Crippen LogP contribution in [0.5, 0.6) is 5.75 Å². The number of ether oxygens (including phenoxy) is 1. The number of benzene rings is 1. The fourth-order valence-electron chi connectivity index (χ4n) is 1.40. The van der Waals surface area contributed by atoms with E-state index in [9.17, 15) is 13.6 Å². The lowest BCUT2D eigenvalue weighted by Gasteiger charge is -2.04. The maximum Gasteiger partial charge on any atom is 0.387 e. The molecule has 0 fully saturated rings. The van der Waals surface area contributed by atoms with Crippen molar-refractivity contribution in [2.24, 2.45) is 5.10 Å². The second-order valence-electron chi connectivity index (χ2n) is 2.95. The van der Waals surface area contributed by atoms with Crippen molar-refractivity contribution in [3.8, 4) is 5.75 Å². The lowest BCUT2D eigenvalue weighted by Crippen LogP contribution is -2.01. The largest absolute Gasteiger partial charge is 0.435 e. The molecule has 0 unspecified atom stereocenters. The maximum atomic E-state index is 12.0. The van der Waals surface area contributed by atoms with Crippen molar-refractivity contribution in [3.63, 3.8) is 0 Å². The first-order valence-electron chi connectivity index (χ1n) is 4.35. The highest BCUT2D eigenvalue weighted by atomic mass is 19.3. The van der Waals surface area contributed by atoms with Gasteiger partial charge in [-0.1, -0.05) is 5.10 Å². The summed E-state index contributed by atoms with van der Waals surface area (Å²) < 4.78 is 29.4. The van der Waals surface area contributed by atoms with E-state index in [-0.39, 0.29) is 5.75 Å². The Morgan fingerprint density at radius 2 is 2.19 bits per heavy atom. The van der Waals surface area contributed by atoms with Crippen LogP contribution in [0, 0.1) is 0 Å². The standard InChI is InChI=1S/C10H6F2N2O2/c11-10(12)16-8-2-1-7-3-4-14(13-6-15)9(7)5-8/h1-5,10H. The lowest BCUT2D eigenvalue weighted by molar-refractivity contribution is -0.0497. The first-order chi connectivity index (χ1) is 7.70. The van der Waals surface area contributed by atoms with E-state index < -0.39 is 6.61 Å². The zero-order valence-electron chi connectivity index (χ0n) is 7.93. The highest BCUT2D eigenvalue weighted by Crippen LogP contribution is 2.23. The number of nitrogens with zero attached hydrogens (tertiary/aromatic N) is 2. The summed E-state index contributed by atoms with van der Waals surface area (Å²) in [5, 5.41) is 4.15. The molecular weight excluding hydrogens is 218 g/mol. The third-order valence-corrected chi connectivity index (χ3v) is 2.02. The highest BCUT2D eigenvalue weighted by molar-refractivity contribution is 5.81. The Labute approximate surface area is 88.7 Å². The summed E-state index contributed by atoms with van der Waals surface area (Å²) in [5.74, 6) is 0.0172. The van der Waals surface area contributed by atoms with Crippen LogP contribution in [0.3, 0.4) is 0 Å². The first kappa shape index (κ1) is 10.3. The zero-order valence-corrected chi connectivity index (χ0v) is 7.93. The van der Waals surface area contributed by atoms with Gasteiger partial charge in [0.2, 0.25) is 0 Å². The SMILES string of the molecule is O=C=Nn1ccc2ccc(OC(F)F)cc21. The average Bonchev–Trinajstić information content (AvgIpc) is 2.61. The summed E-state index contributed by atoms with van der Waals surface area (Å²) >= 11 is 0. The Morgan fingerprint density at radius 1 is 1.38 bits per heavy atom. The van der Waals surface area contributed by atoms with Crippen LogP contribution in [-0.2, 0) is 4.79 Å². The molecule has 2 aromatic rings. The molecular formula is C10H6F2N2O2. The minimum absolute atomic E-state index is 0.0172. The summed E-state index contributed by atoms with van der Waals surface area (Å²) in [5.41, 5.74) is 0.501. The van der Waals surface area contributed by atoms with E-state index in [4.69, 9.17) is 0 Å². The Morgan fingerprint density at radius 3 is 2.88 bits per heavy atom. The van der Waals surface area contributed by atoms with Gasteiger partial charge in [-0.25, -0.2) is 9.47 Å². The number of carbonyl (C=O) groups excluding carboxylic acids is 1. The monoisotopic (exact) mass is 224 g/mol. The van der Waals surface area contributed by atoms with Crippen molar-refractivity contribution in [1.29, 1.82) is 0 Å². The number of fused-ring (bicyclic) bond motifs is 1. The Balaban J connectivity index is 2.49. The van der Waals surface area contributed by atoms with Crippen molar-refractivity contribution < 1.29 is 18.3 Å². The molecule has 6 heteroatoms. The summed E-state index contributed by atoms with van der Waals surface area (Å²) in [6.45, 7) is -2.88. The van der Waals surface area contributed by atoms with Crippen molar-refractivity contribution in [1.82, 2.24) is 4.68 Å². The molecule has 0 radical (unpaired) electrons. The smallest absolute Gasteiger partial charge is 0.387 e. The zero-order chi connectivity index (χ0) is 11.5. The number of aromatic nitrogens is 1. The second kappa shape index (κ2) is 4.12. The summed E-state index contributed by atoms with van der Waals surface area (Å²) in [7, 11) is 0. The van der Waals surface area contributed by atoms with Gasteiger partial charge in [0.25, 0.3) is 6.08 Å². The Kier molecular flexibility index (Phi) is 2.66. The van der Waals surface area contributed by atoms with E-state index in [1.165, 1.54) is 29.1 Å². The molecule has 0 aliphatic carbocycles. The third-order valence-electron chi connectivity index (χ3n) is 2.02. The van der Waals surface area contributed by atoms with Gasteiger partial charge < -0.3 is 4.74 Å². The third kappa shape index (κ3) is 1.92. The lowest BCUT2D eigenvalue weighted by atomic mass is 10.2. The highest BCUT2D eigenvalue weighted by Gasteiger charge is 2.06. The van der Waals surface area contributed by atoms with Crippen molar-refractivity contribution in [3.05, 3.63) is 30.5 Å². The van der Waals surface area contributed by atoms with Gasteiger partial charge in [0.15, 0.2) is 0 Å². The quantitative estimate of drug-likeness (QED) is 0.593. The molecule has 1 aromatic carbocycles. The summed E-state index contributed by atoms with van der Waals surface area (Å²) in [6.07, 6.45) is 2.90. The van der Waals surface area contributed by atoms with Gasteiger partial charge in [-0.2, -0.15) is 8.78 Å². The minimum atomic E-state index is -2.88. The van der Waals surface area contributed by atoms with Crippen LogP contribution in [0.4, 0.5) is 8.78 Å². The first-order valence-corrected chi connectivity index (χ1v) is 4.35. The van der Waals surface area contributed by atoms with Crippen LogP contribution in [0.15, 0.2) is 35.6 Å². The molecule has 0 N–H and O–H groups in total. The molecule has 0 aliphatic heterocycles. The topological polar surface area (TPSA) is 43.6 Å². The molecule has 82 valence electrons. The number of hydrogen-bond acceptors (Lipinski definition) is 3. The van der Waals surface area contributed by atoms with Crippen molar-refractivity contribution in [2.45, 2.75) is 6.61 Å². The van der Waals surface area contributed by atoms with Crippen molar-refractivity contribution >= 4 is 17.0 Å². The molecule has 1 aromatic heterocycles. The van der Waals surface area contributed by atoms with E-state index in [0.717, 1.165) is 5.39 Å². The van der Waals surface area contributed by atoms with Crippen LogP contribution in [0.1, 0.15) is 0 Å². The second-order valence-corrected chi connectivity index (χ2v) is 2.95. The summed E-state index contributed by atoms with van der Waals surface area (Å²) in [4.78, 5) is 10.1. The number of halogens is 2. The normalized spacial score (nSPS) is 10.4. The minimum Gasteiger partial charge on any atom is -0.435 e. The molecule has 0 bridgehead atoms. The van der Waals surface area contributed by atoms with Crippen LogP contribution in [0.25, 0.3) is 10.9 Å². The molecule has 1 heterocycles. The van der Waals surface area contributed by atoms with Gasteiger partial charge in [-0.05, 0) is 18.2 Å². The number of isocyanates is 1. The molecule has 0 spiro atoms. The molecule has 0 amide bonds. The average molecular weight is 224 g/mol. The van der Waals surface area contributed by atoms with E-state index in [1.807, 2.05) is 0 Å². The van der Waals surface area contributed by atoms with Crippen molar-refractivity contribution in [2.75, 3.05) is 0 Å². The van der Waals surface area contributed by atoms with Gasteiger partial charge in [0.1, 0.15) is 5.75 Å². The molecule has 0 saturated heterocycles. The van der Waals surface area contributed by atoms with Crippen LogP contribution >= 0.6 is 0 Å². The fraction of sp³-hybridized carbons (Fsp3) is 0.100. The molecule has 2 rings (SSSR count). The van der Waals surface area contributed by atoms with E-state index in [1.54, 1.807) is 12.1 Å². The maximum absolute atomic E-state index is 12.0. The summed E-state index contributed by atoms with van der Waals surface area (Å²) in [6, 6.07) is 6.10. The predicted octanol–water partition coefficient (Wildman–Crippen LogP) is 2.34. The molecule has 0 saturated carbocycles. The van der Waals surface area contributed by atoms with Gasteiger partial charge in [-0.3, -0.25) is 0 Å². The predicted molar refractivity (Wildman–Crippen MR) is 52.1 cm³/mol. The number of hydrogen-bond donors (Lipinski definition) is 0. The fourth-order valence-corrected chi connectivity index (χ4v) is 1.40. The molecule has 0 aliphatic rings. The van der Waals surface area contributed by atoms with Gasteiger partial charge in [0.05, 0.1) is 5.52 Å². The van der Waals surface area contributed by atoms with E-state index in [0.29, 0.717) is 5.52 Å². The van der Waals surface area contributed by atoms with Gasteiger partial charge >= 0.3 is 6.61 Å². The number of rotatable bonds is 3. The van der Waals surface area contributed by atoms with E-state index >= 15 is 0 Å². The Bertz CT molecular complexity index is 559. The van der Waals surface area contributed by atoms with E-state index in [2.05, 4.69) is 9.84 Å². The van der Waals surface area contributed by atoms with Gasteiger partial charge in [-0.15, -0.1) is 0 Å². The Hall–Kier alpha value is -2.20. The van der Waals surface area contributed by atoms with Crippen LogP contribution < -0.4 is 4.74 Å². The van der Waals surface area contributed by atoms with Gasteiger partial charge in [0, 0.05) is 17.6 Å². The molecule has 16 heavy (non-hydrogen) atoms. The molecule has 4 nitrogen and oxygen atoms in total. The van der Waals surface area contributed by atoms with Crippen LogP contribution in [-0.4, -0.2) is 17.4 Å². The van der Waals surface area contributed by atoms with Crippen LogP contribution in [0.2, 0.25) is 0 Å².